The van der Waals surface area contributed by atoms with Gasteiger partial charge in [0.2, 0.25) is 11.8 Å². The SMILES string of the molecule is CC(C)C(NC(=O)CN)C(=O)NCC(=O)O. The van der Waals surface area contributed by atoms with E-state index in [-0.39, 0.29) is 12.5 Å². The largest absolute Gasteiger partial charge is 0.480 e. The summed E-state index contributed by atoms with van der Waals surface area (Å²) in [5, 5.41) is 13.0. The summed E-state index contributed by atoms with van der Waals surface area (Å²) in [4.78, 5) is 32.8. The molecule has 0 heterocycles. The molecule has 0 fully saturated rings. The molecule has 0 aliphatic heterocycles. The molecule has 0 radical (unpaired) electrons. The van der Waals surface area contributed by atoms with E-state index in [2.05, 4.69) is 10.6 Å². The second-order valence-corrected chi connectivity index (χ2v) is 3.60. The zero-order valence-electron chi connectivity index (χ0n) is 9.32. The number of amides is 2. The van der Waals surface area contributed by atoms with Crippen molar-refractivity contribution in [2.24, 2.45) is 11.7 Å². The topological polar surface area (TPSA) is 122 Å². The van der Waals surface area contributed by atoms with E-state index in [0.29, 0.717) is 0 Å². The molecule has 1 unspecified atom stereocenters. The van der Waals surface area contributed by atoms with E-state index in [9.17, 15) is 14.4 Å². The smallest absolute Gasteiger partial charge is 0.322 e. The molecule has 0 aromatic heterocycles. The monoisotopic (exact) mass is 231 g/mol. The Morgan fingerprint density at radius 1 is 1.31 bits per heavy atom. The van der Waals surface area contributed by atoms with E-state index in [4.69, 9.17) is 10.8 Å². The molecule has 0 aromatic carbocycles. The fourth-order valence-electron chi connectivity index (χ4n) is 1.04. The van der Waals surface area contributed by atoms with Gasteiger partial charge in [-0.2, -0.15) is 0 Å². The molecule has 0 aliphatic carbocycles. The summed E-state index contributed by atoms with van der Waals surface area (Å²) in [6.45, 7) is 2.79. The van der Waals surface area contributed by atoms with Gasteiger partial charge in [0.15, 0.2) is 0 Å². The Morgan fingerprint density at radius 3 is 2.25 bits per heavy atom. The minimum Gasteiger partial charge on any atom is -0.480 e. The van der Waals surface area contributed by atoms with Gasteiger partial charge in [0.25, 0.3) is 0 Å². The molecule has 5 N–H and O–H groups in total. The number of hydrogen-bond acceptors (Lipinski definition) is 4. The predicted octanol–water partition coefficient (Wildman–Crippen LogP) is -1.71. The molecule has 7 nitrogen and oxygen atoms in total. The molecule has 0 rings (SSSR count). The Kier molecular flexibility index (Phi) is 6.09. The van der Waals surface area contributed by atoms with Crippen molar-refractivity contribution in [3.8, 4) is 0 Å². The third-order valence-corrected chi connectivity index (χ3v) is 1.86. The number of nitrogens with two attached hydrogens (primary N) is 1. The first-order valence-corrected chi connectivity index (χ1v) is 4.87. The summed E-state index contributed by atoms with van der Waals surface area (Å²) in [7, 11) is 0. The zero-order chi connectivity index (χ0) is 12.7. The minimum atomic E-state index is -1.14. The molecule has 16 heavy (non-hydrogen) atoms. The number of carboxylic acid groups (broad SMARTS) is 1. The zero-order valence-corrected chi connectivity index (χ0v) is 9.32. The van der Waals surface area contributed by atoms with Crippen LogP contribution < -0.4 is 16.4 Å². The second-order valence-electron chi connectivity index (χ2n) is 3.60. The van der Waals surface area contributed by atoms with Crippen LogP contribution in [0.4, 0.5) is 0 Å². The van der Waals surface area contributed by atoms with Gasteiger partial charge in [0.1, 0.15) is 12.6 Å². The van der Waals surface area contributed by atoms with Crippen LogP contribution in [-0.2, 0) is 14.4 Å². The van der Waals surface area contributed by atoms with Crippen molar-refractivity contribution in [3.05, 3.63) is 0 Å². The first-order chi connectivity index (χ1) is 7.38. The lowest BCUT2D eigenvalue weighted by atomic mass is 10.0. The van der Waals surface area contributed by atoms with Crippen LogP contribution in [0.3, 0.4) is 0 Å². The van der Waals surface area contributed by atoms with Gasteiger partial charge in [-0.15, -0.1) is 0 Å². The van der Waals surface area contributed by atoms with E-state index in [0.717, 1.165) is 0 Å². The van der Waals surface area contributed by atoms with Gasteiger partial charge < -0.3 is 21.5 Å². The minimum absolute atomic E-state index is 0.149. The highest BCUT2D eigenvalue weighted by Crippen LogP contribution is 2.01. The van der Waals surface area contributed by atoms with Gasteiger partial charge in [-0.25, -0.2) is 0 Å². The maximum absolute atomic E-state index is 11.5. The predicted molar refractivity (Wildman–Crippen MR) is 56.5 cm³/mol. The second kappa shape index (κ2) is 6.78. The van der Waals surface area contributed by atoms with E-state index in [1.54, 1.807) is 13.8 Å². The Hall–Kier alpha value is -1.63. The first kappa shape index (κ1) is 14.4. The molecule has 0 saturated heterocycles. The molecule has 1 atom stereocenters. The van der Waals surface area contributed by atoms with E-state index < -0.39 is 30.4 Å². The Bertz CT molecular complexity index is 278. The number of nitrogens with one attached hydrogen (secondary N) is 2. The average molecular weight is 231 g/mol. The van der Waals surface area contributed by atoms with Crippen LogP contribution in [0, 0.1) is 5.92 Å². The maximum atomic E-state index is 11.5. The maximum Gasteiger partial charge on any atom is 0.322 e. The van der Waals surface area contributed by atoms with Gasteiger partial charge in [0, 0.05) is 0 Å². The van der Waals surface area contributed by atoms with Crippen molar-refractivity contribution in [2.45, 2.75) is 19.9 Å². The van der Waals surface area contributed by atoms with Crippen LogP contribution in [0.5, 0.6) is 0 Å². The standard InChI is InChI=1S/C9H17N3O4/c1-5(2)8(12-6(13)3-10)9(16)11-4-7(14)15/h5,8H,3-4,10H2,1-2H3,(H,11,16)(H,12,13)(H,14,15). The summed E-state index contributed by atoms with van der Waals surface area (Å²) in [5.74, 6) is -2.27. The van der Waals surface area contributed by atoms with Crippen LogP contribution in [0.15, 0.2) is 0 Å². The highest BCUT2D eigenvalue weighted by atomic mass is 16.4. The van der Waals surface area contributed by atoms with Gasteiger partial charge in [-0.3, -0.25) is 14.4 Å². The number of carbonyl (C=O) groups excluding carboxylic acids is 2. The van der Waals surface area contributed by atoms with Gasteiger partial charge in [-0.1, -0.05) is 13.8 Å². The molecule has 0 aliphatic rings. The summed E-state index contributed by atoms with van der Waals surface area (Å²) < 4.78 is 0. The van der Waals surface area contributed by atoms with E-state index in [1.807, 2.05) is 0 Å². The molecule has 0 aromatic rings. The molecular weight excluding hydrogens is 214 g/mol. The molecule has 0 saturated carbocycles. The number of carbonyl (C=O) groups is 3. The van der Waals surface area contributed by atoms with Crippen LogP contribution in [0.1, 0.15) is 13.8 Å². The molecule has 0 spiro atoms. The lowest BCUT2D eigenvalue weighted by Gasteiger charge is -2.20. The van der Waals surface area contributed by atoms with Crippen LogP contribution in [0.2, 0.25) is 0 Å². The van der Waals surface area contributed by atoms with Crippen molar-refractivity contribution in [3.63, 3.8) is 0 Å². The van der Waals surface area contributed by atoms with Crippen LogP contribution in [0.25, 0.3) is 0 Å². The molecule has 92 valence electrons. The molecular formula is C9H17N3O4. The van der Waals surface area contributed by atoms with Gasteiger partial charge in [0.05, 0.1) is 6.54 Å². The lowest BCUT2D eigenvalue weighted by Crippen LogP contribution is -2.51. The lowest BCUT2D eigenvalue weighted by molar-refractivity contribution is -0.138. The van der Waals surface area contributed by atoms with Crippen molar-refractivity contribution < 1.29 is 19.5 Å². The van der Waals surface area contributed by atoms with E-state index >= 15 is 0 Å². The number of aliphatic carboxylic acids is 1. The highest BCUT2D eigenvalue weighted by Gasteiger charge is 2.23. The van der Waals surface area contributed by atoms with Gasteiger partial charge >= 0.3 is 5.97 Å². The molecule has 0 bridgehead atoms. The summed E-state index contributed by atoms with van der Waals surface area (Å²) in [5.41, 5.74) is 5.10. The Morgan fingerprint density at radius 2 is 1.88 bits per heavy atom. The van der Waals surface area contributed by atoms with E-state index in [1.165, 1.54) is 0 Å². The van der Waals surface area contributed by atoms with Crippen molar-refractivity contribution in [2.75, 3.05) is 13.1 Å². The fourth-order valence-corrected chi connectivity index (χ4v) is 1.04. The number of rotatable bonds is 6. The Labute approximate surface area is 93.4 Å². The van der Waals surface area contributed by atoms with Crippen molar-refractivity contribution in [1.29, 1.82) is 0 Å². The number of carboxylic acids is 1. The average Bonchev–Trinajstić information content (AvgIpc) is 2.21. The van der Waals surface area contributed by atoms with Crippen molar-refractivity contribution in [1.82, 2.24) is 10.6 Å². The molecule has 2 amide bonds. The summed E-state index contributed by atoms with van der Waals surface area (Å²) >= 11 is 0. The third kappa shape index (κ3) is 5.30. The van der Waals surface area contributed by atoms with Crippen LogP contribution in [-0.4, -0.2) is 42.0 Å². The van der Waals surface area contributed by atoms with Crippen molar-refractivity contribution >= 4 is 17.8 Å². The molecule has 7 heteroatoms. The first-order valence-electron chi connectivity index (χ1n) is 4.87. The normalized spacial score (nSPS) is 12.0. The van der Waals surface area contributed by atoms with Crippen LogP contribution >= 0.6 is 0 Å². The fraction of sp³-hybridized carbons (Fsp3) is 0.667. The summed E-state index contributed by atoms with van der Waals surface area (Å²) in [6, 6.07) is -0.768. The summed E-state index contributed by atoms with van der Waals surface area (Å²) in [6.07, 6.45) is 0. The quantitative estimate of drug-likeness (QED) is 0.433. The van der Waals surface area contributed by atoms with Gasteiger partial charge in [-0.05, 0) is 5.92 Å². The Balaban J connectivity index is 4.35. The third-order valence-electron chi connectivity index (χ3n) is 1.86. The highest BCUT2D eigenvalue weighted by molar-refractivity contribution is 5.90. The number of hydrogen-bond donors (Lipinski definition) is 4.